The Balaban J connectivity index is 1.95. The highest BCUT2D eigenvalue weighted by Gasteiger charge is 2.19. The molecule has 5 heteroatoms. The summed E-state index contributed by atoms with van der Waals surface area (Å²) in [5.74, 6) is -0.0762. The number of rotatable bonds is 6. The van der Waals surface area contributed by atoms with E-state index in [9.17, 15) is 4.79 Å². The van der Waals surface area contributed by atoms with Crippen LogP contribution in [0.1, 0.15) is 18.4 Å². The van der Waals surface area contributed by atoms with Crippen LogP contribution in [0.2, 0.25) is 5.02 Å². The molecule has 2 rings (SSSR count). The average molecular weight is 309 g/mol. The van der Waals surface area contributed by atoms with E-state index in [0.29, 0.717) is 24.2 Å². The first-order valence-electron chi connectivity index (χ1n) is 7.26. The molecule has 1 unspecified atom stereocenters. The first-order chi connectivity index (χ1) is 10.2. The quantitative estimate of drug-likeness (QED) is 0.790. The van der Waals surface area contributed by atoms with Gasteiger partial charge in [-0.3, -0.25) is 4.79 Å². The fraction of sp³-hybridized carbons (Fsp3) is 0.438. The maximum absolute atomic E-state index is 12.2. The maximum Gasteiger partial charge on any atom is 0.246 e. The number of benzene rings is 1. The molecule has 0 aromatic heterocycles. The van der Waals surface area contributed by atoms with Crippen LogP contribution in [0.4, 0.5) is 0 Å². The van der Waals surface area contributed by atoms with Crippen LogP contribution in [0.15, 0.2) is 30.3 Å². The summed E-state index contributed by atoms with van der Waals surface area (Å²) < 4.78 is 0. The lowest BCUT2D eigenvalue weighted by molar-refractivity contribution is -0.126. The third kappa shape index (κ3) is 5.16. The predicted octanol–water partition coefficient (Wildman–Crippen LogP) is 1.93. The summed E-state index contributed by atoms with van der Waals surface area (Å²) in [7, 11) is 0. The topological polar surface area (TPSA) is 52.6 Å². The Morgan fingerprint density at radius 2 is 2.19 bits per heavy atom. The summed E-state index contributed by atoms with van der Waals surface area (Å²) in [5.41, 5.74) is 0.927. The third-order valence-electron chi connectivity index (χ3n) is 3.57. The highest BCUT2D eigenvalue weighted by atomic mass is 35.5. The summed E-state index contributed by atoms with van der Waals surface area (Å²) >= 11 is 5.83. The van der Waals surface area contributed by atoms with Crippen molar-refractivity contribution in [2.75, 3.05) is 26.2 Å². The number of carbonyl (C=O) groups is 1. The van der Waals surface area contributed by atoms with Gasteiger partial charge in [-0.25, -0.2) is 0 Å². The second-order valence-electron chi connectivity index (χ2n) is 5.19. The van der Waals surface area contributed by atoms with Crippen molar-refractivity contribution in [3.8, 4) is 0 Å². The van der Waals surface area contributed by atoms with Crippen LogP contribution in [-0.2, 0) is 4.79 Å². The molecular formula is C16H21ClN2O2. The van der Waals surface area contributed by atoms with E-state index in [2.05, 4.69) is 5.32 Å². The molecule has 1 amide bonds. The molecule has 1 aliphatic rings. The van der Waals surface area contributed by atoms with Gasteiger partial charge in [0.1, 0.15) is 0 Å². The van der Waals surface area contributed by atoms with Crippen molar-refractivity contribution in [2.45, 2.75) is 18.9 Å². The van der Waals surface area contributed by atoms with Crippen molar-refractivity contribution in [3.63, 3.8) is 0 Å². The van der Waals surface area contributed by atoms with Gasteiger partial charge in [0, 0.05) is 30.2 Å². The highest BCUT2D eigenvalue weighted by Crippen LogP contribution is 2.11. The largest absolute Gasteiger partial charge is 0.395 e. The summed E-state index contributed by atoms with van der Waals surface area (Å²) in [6, 6.07) is 7.64. The van der Waals surface area contributed by atoms with Gasteiger partial charge >= 0.3 is 0 Å². The molecule has 0 aliphatic carbocycles. The zero-order valence-electron chi connectivity index (χ0n) is 12.0. The van der Waals surface area contributed by atoms with Crippen molar-refractivity contribution in [3.05, 3.63) is 40.9 Å². The van der Waals surface area contributed by atoms with Crippen molar-refractivity contribution in [1.29, 1.82) is 0 Å². The van der Waals surface area contributed by atoms with Crippen molar-refractivity contribution in [1.82, 2.24) is 10.2 Å². The SMILES string of the molecule is O=C(/C=C/c1ccc(Cl)cc1)N(CCO)CC1CCCN1. The molecule has 0 radical (unpaired) electrons. The summed E-state index contributed by atoms with van der Waals surface area (Å²) in [6.45, 7) is 1.99. The summed E-state index contributed by atoms with van der Waals surface area (Å²) in [5, 5.41) is 13.2. The van der Waals surface area contributed by atoms with E-state index in [4.69, 9.17) is 16.7 Å². The van der Waals surface area contributed by atoms with Crippen LogP contribution >= 0.6 is 11.6 Å². The normalized spacial score (nSPS) is 18.3. The number of amides is 1. The predicted molar refractivity (Wildman–Crippen MR) is 85.2 cm³/mol. The monoisotopic (exact) mass is 308 g/mol. The van der Waals surface area contributed by atoms with Gasteiger partial charge in [0.15, 0.2) is 0 Å². The van der Waals surface area contributed by atoms with E-state index in [1.165, 1.54) is 0 Å². The van der Waals surface area contributed by atoms with Gasteiger partial charge in [-0.05, 0) is 43.2 Å². The molecule has 0 saturated carbocycles. The van der Waals surface area contributed by atoms with Crippen molar-refractivity contribution < 1.29 is 9.90 Å². The number of hydrogen-bond acceptors (Lipinski definition) is 3. The van der Waals surface area contributed by atoms with Gasteiger partial charge in [-0.15, -0.1) is 0 Å². The fourth-order valence-electron chi connectivity index (χ4n) is 2.44. The minimum atomic E-state index is -0.0762. The molecule has 1 fully saturated rings. The Kier molecular flexibility index (Phi) is 6.23. The van der Waals surface area contributed by atoms with Crippen LogP contribution in [0, 0.1) is 0 Å². The van der Waals surface area contributed by atoms with E-state index >= 15 is 0 Å². The standard InChI is InChI=1S/C16H21ClN2O2/c17-14-6-3-13(4-7-14)5-8-16(21)19(10-11-20)12-15-2-1-9-18-15/h3-8,15,18,20H,1-2,9-12H2/b8-5+. The van der Waals surface area contributed by atoms with Crippen molar-refractivity contribution in [2.24, 2.45) is 0 Å². The van der Waals surface area contributed by atoms with E-state index in [-0.39, 0.29) is 12.5 Å². The lowest BCUT2D eigenvalue weighted by Crippen LogP contribution is -2.41. The number of nitrogens with zero attached hydrogens (tertiary/aromatic N) is 1. The number of hydrogen-bond donors (Lipinski definition) is 2. The lowest BCUT2D eigenvalue weighted by atomic mass is 10.2. The zero-order chi connectivity index (χ0) is 15.1. The van der Waals surface area contributed by atoms with E-state index in [0.717, 1.165) is 24.9 Å². The average Bonchev–Trinajstić information content (AvgIpc) is 2.99. The van der Waals surface area contributed by atoms with Gasteiger partial charge in [0.2, 0.25) is 5.91 Å². The van der Waals surface area contributed by atoms with Crippen LogP contribution < -0.4 is 5.32 Å². The molecule has 2 N–H and O–H groups in total. The molecule has 0 bridgehead atoms. The molecule has 114 valence electrons. The van der Waals surface area contributed by atoms with E-state index < -0.39 is 0 Å². The van der Waals surface area contributed by atoms with Gasteiger partial charge in [-0.1, -0.05) is 23.7 Å². The van der Waals surface area contributed by atoms with Gasteiger partial charge in [0.05, 0.1) is 6.61 Å². The molecule has 1 aliphatic heterocycles. The highest BCUT2D eigenvalue weighted by molar-refractivity contribution is 6.30. The van der Waals surface area contributed by atoms with Gasteiger partial charge < -0.3 is 15.3 Å². The zero-order valence-corrected chi connectivity index (χ0v) is 12.7. The molecule has 1 aromatic carbocycles. The fourth-order valence-corrected chi connectivity index (χ4v) is 2.56. The van der Waals surface area contributed by atoms with Crippen LogP contribution in [0.5, 0.6) is 0 Å². The van der Waals surface area contributed by atoms with E-state index in [1.54, 1.807) is 29.2 Å². The number of aliphatic hydroxyl groups is 1. The Labute approximate surface area is 130 Å². The maximum atomic E-state index is 12.2. The molecule has 0 spiro atoms. The Morgan fingerprint density at radius 3 is 2.81 bits per heavy atom. The number of halogens is 1. The van der Waals surface area contributed by atoms with Gasteiger partial charge in [0.25, 0.3) is 0 Å². The molecule has 21 heavy (non-hydrogen) atoms. The third-order valence-corrected chi connectivity index (χ3v) is 3.83. The Hall–Kier alpha value is -1.36. The minimum absolute atomic E-state index is 0.0206. The first kappa shape index (κ1) is 16.0. The Bertz CT molecular complexity index is 482. The number of carbonyl (C=O) groups excluding carboxylic acids is 1. The second-order valence-corrected chi connectivity index (χ2v) is 5.62. The number of nitrogens with one attached hydrogen (secondary N) is 1. The summed E-state index contributed by atoms with van der Waals surface area (Å²) in [6.07, 6.45) is 5.54. The minimum Gasteiger partial charge on any atom is -0.395 e. The summed E-state index contributed by atoms with van der Waals surface area (Å²) in [4.78, 5) is 13.9. The van der Waals surface area contributed by atoms with Crippen LogP contribution in [-0.4, -0.2) is 48.2 Å². The van der Waals surface area contributed by atoms with E-state index in [1.807, 2.05) is 12.1 Å². The smallest absolute Gasteiger partial charge is 0.246 e. The molecule has 1 saturated heterocycles. The second kappa shape index (κ2) is 8.17. The molecule has 1 heterocycles. The first-order valence-corrected chi connectivity index (χ1v) is 7.63. The molecule has 4 nitrogen and oxygen atoms in total. The van der Waals surface area contributed by atoms with Crippen LogP contribution in [0.25, 0.3) is 6.08 Å². The van der Waals surface area contributed by atoms with Gasteiger partial charge in [-0.2, -0.15) is 0 Å². The van der Waals surface area contributed by atoms with Crippen LogP contribution in [0.3, 0.4) is 0 Å². The number of aliphatic hydroxyl groups excluding tert-OH is 1. The Morgan fingerprint density at radius 1 is 1.43 bits per heavy atom. The molecule has 1 aromatic rings. The molecule has 1 atom stereocenters. The molecular weight excluding hydrogens is 288 g/mol. The lowest BCUT2D eigenvalue weighted by Gasteiger charge is -2.24. The van der Waals surface area contributed by atoms with Crippen molar-refractivity contribution >= 4 is 23.6 Å².